The molecule has 0 aliphatic carbocycles. The maximum Gasteiger partial charge on any atom is 0.274 e. The highest BCUT2D eigenvalue weighted by Gasteiger charge is 2.12. The molecule has 0 spiro atoms. The summed E-state index contributed by atoms with van der Waals surface area (Å²) in [5.41, 5.74) is 3.34. The van der Waals surface area contributed by atoms with Crippen LogP contribution >= 0.6 is 0 Å². The number of amides is 1. The molecule has 6 nitrogen and oxygen atoms in total. The molecule has 144 valence electrons. The Balaban J connectivity index is 1.53. The molecule has 3 rings (SSSR count). The summed E-state index contributed by atoms with van der Waals surface area (Å²) in [5.74, 6) is -0.194. The number of piperidine rings is 1. The monoisotopic (exact) mass is 367 g/mol. The third kappa shape index (κ3) is 5.69. The van der Waals surface area contributed by atoms with Crippen LogP contribution in [0.4, 0.5) is 17.1 Å². The van der Waals surface area contributed by atoms with Crippen molar-refractivity contribution in [2.45, 2.75) is 19.3 Å². The molecule has 0 bridgehead atoms. The molecular weight excluding hydrogens is 338 g/mol. The quantitative estimate of drug-likeness (QED) is 0.786. The first-order valence-electron chi connectivity index (χ1n) is 9.63. The van der Waals surface area contributed by atoms with E-state index in [9.17, 15) is 4.79 Å². The van der Waals surface area contributed by atoms with Crippen molar-refractivity contribution in [3.8, 4) is 0 Å². The molecule has 1 aliphatic rings. The Morgan fingerprint density at radius 3 is 2.37 bits per heavy atom. The van der Waals surface area contributed by atoms with Crippen molar-refractivity contribution < 1.29 is 4.79 Å². The summed E-state index contributed by atoms with van der Waals surface area (Å²) in [7, 11) is 4.07. The van der Waals surface area contributed by atoms with Crippen molar-refractivity contribution in [2.75, 3.05) is 55.8 Å². The van der Waals surface area contributed by atoms with Crippen LogP contribution in [0.2, 0.25) is 0 Å². The molecule has 1 fully saturated rings. The van der Waals surface area contributed by atoms with E-state index in [2.05, 4.69) is 37.6 Å². The van der Waals surface area contributed by atoms with Crippen LogP contribution < -0.4 is 15.5 Å². The zero-order valence-electron chi connectivity index (χ0n) is 16.2. The number of anilines is 3. The lowest BCUT2D eigenvalue weighted by molar-refractivity contribution is 0.102. The molecule has 1 aromatic carbocycles. The van der Waals surface area contributed by atoms with Gasteiger partial charge in [-0.3, -0.25) is 4.79 Å². The molecule has 0 unspecified atom stereocenters. The number of likely N-dealkylation sites (N-methyl/N-ethyl adjacent to an activating group) is 1. The maximum atomic E-state index is 12.4. The fraction of sp³-hybridized carbons (Fsp3) is 0.429. The van der Waals surface area contributed by atoms with E-state index in [0.717, 1.165) is 37.6 Å². The predicted octanol–water partition coefficient (Wildman–Crippen LogP) is 3.30. The SMILES string of the molecule is CN(C)CCNc1ccc(C(=O)Nc2ccc(N3CCCCC3)cc2)nc1. The lowest BCUT2D eigenvalue weighted by Gasteiger charge is -2.28. The van der Waals surface area contributed by atoms with Gasteiger partial charge in [0.1, 0.15) is 5.69 Å². The van der Waals surface area contributed by atoms with Gasteiger partial charge in [-0.25, -0.2) is 4.98 Å². The first kappa shape index (κ1) is 19.2. The van der Waals surface area contributed by atoms with Gasteiger partial charge in [-0.05, 0) is 69.8 Å². The van der Waals surface area contributed by atoms with Crippen molar-refractivity contribution in [1.82, 2.24) is 9.88 Å². The number of hydrogen-bond acceptors (Lipinski definition) is 5. The minimum Gasteiger partial charge on any atom is -0.383 e. The van der Waals surface area contributed by atoms with Crippen LogP contribution in [-0.2, 0) is 0 Å². The standard InChI is InChI=1S/C21H29N5O/c1-25(2)15-12-22-18-8-11-20(23-16-18)21(27)24-17-6-9-19(10-7-17)26-13-4-3-5-14-26/h6-11,16,22H,3-5,12-15H2,1-2H3,(H,24,27). The molecule has 1 aromatic heterocycles. The second-order valence-electron chi connectivity index (χ2n) is 7.21. The van der Waals surface area contributed by atoms with E-state index in [-0.39, 0.29) is 5.91 Å². The van der Waals surface area contributed by atoms with Crippen molar-refractivity contribution in [2.24, 2.45) is 0 Å². The first-order chi connectivity index (χ1) is 13.1. The summed E-state index contributed by atoms with van der Waals surface area (Å²) in [4.78, 5) is 21.2. The summed E-state index contributed by atoms with van der Waals surface area (Å²) < 4.78 is 0. The minimum atomic E-state index is -0.194. The molecule has 2 heterocycles. The first-order valence-corrected chi connectivity index (χ1v) is 9.63. The summed E-state index contributed by atoms with van der Waals surface area (Å²) in [6.07, 6.45) is 5.53. The van der Waals surface area contributed by atoms with Crippen molar-refractivity contribution in [3.63, 3.8) is 0 Å². The van der Waals surface area contributed by atoms with E-state index in [1.54, 1.807) is 12.3 Å². The average molecular weight is 367 g/mol. The highest BCUT2D eigenvalue weighted by atomic mass is 16.1. The number of nitrogens with one attached hydrogen (secondary N) is 2. The third-order valence-electron chi connectivity index (χ3n) is 4.73. The number of nitrogens with zero attached hydrogens (tertiary/aromatic N) is 3. The average Bonchev–Trinajstić information content (AvgIpc) is 2.69. The molecule has 2 aromatic rings. The van der Waals surface area contributed by atoms with Crippen LogP contribution in [0.3, 0.4) is 0 Å². The number of aromatic nitrogens is 1. The van der Waals surface area contributed by atoms with Gasteiger partial charge < -0.3 is 20.4 Å². The van der Waals surface area contributed by atoms with E-state index in [0.29, 0.717) is 5.69 Å². The normalized spacial score (nSPS) is 14.3. The molecule has 0 radical (unpaired) electrons. The Kier molecular flexibility index (Phi) is 6.65. The topological polar surface area (TPSA) is 60.5 Å². The van der Waals surface area contributed by atoms with Gasteiger partial charge in [-0.2, -0.15) is 0 Å². The van der Waals surface area contributed by atoms with Gasteiger partial charge in [0.2, 0.25) is 0 Å². The number of carbonyl (C=O) groups excluding carboxylic acids is 1. The lowest BCUT2D eigenvalue weighted by Crippen LogP contribution is -2.29. The van der Waals surface area contributed by atoms with Gasteiger partial charge in [0, 0.05) is 37.6 Å². The second kappa shape index (κ2) is 9.37. The number of rotatable bonds is 7. The van der Waals surface area contributed by atoms with Gasteiger partial charge in [0.15, 0.2) is 0 Å². The van der Waals surface area contributed by atoms with Crippen LogP contribution in [-0.4, -0.2) is 56.1 Å². The third-order valence-corrected chi connectivity index (χ3v) is 4.73. The summed E-state index contributed by atoms with van der Waals surface area (Å²) >= 11 is 0. The second-order valence-corrected chi connectivity index (χ2v) is 7.21. The van der Waals surface area contributed by atoms with Gasteiger partial charge in [0.05, 0.1) is 11.9 Å². The number of benzene rings is 1. The largest absolute Gasteiger partial charge is 0.383 e. The van der Waals surface area contributed by atoms with Gasteiger partial charge in [0.25, 0.3) is 5.91 Å². The van der Waals surface area contributed by atoms with Crippen LogP contribution in [0.1, 0.15) is 29.8 Å². The van der Waals surface area contributed by atoms with Crippen LogP contribution in [0, 0.1) is 0 Å². The summed E-state index contributed by atoms with van der Waals surface area (Å²) in [5, 5.41) is 6.21. The number of hydrogen-bond donors (Lipinski definition) is 2. The Morgan fingerprint density at radius 1 is 1.04 bits per heavy atom. The van der Waals surface area contributed by atoms with E-state index in [1.807, 2.05) is 32.3 Å². The number of pyridine rings is 1. The smallest absolute Gasteiger partial charge is 0.274 e. The van der Waals surface area contributed by atoms with Crippen molar-refractivity contribution >= 4 is 23.0 Å². The summed E-state index contributed by atoms with van der Waals surface area (Å²) in [6, 6.07) is 11.7. The zero-order valence-corrected chi connectivity index (χ0v) is 16.2. The van der Waals surface area contributed by atoms with Crippen LogP contribution in [0.5, 0.6) is 0 Å². The lowest BCUT2D eigenvalue weighted by atomic mass is 10.1. The molecule has 0 saturated carbocycles. The Labute approximate surface area is 161 Å². The van der Waals surface area contributed by atoms with E-state index < -0.39 is 0 Å². The van der Waals surface area contributed by atoms with E-state index in [4.69, 9.17) is 0 Å². The highest BCUT2D eigenvalue weighted by molar-refractivity contribution is 6.03. The summed E-state index contributed by atoms with van der Waals surface area (Å²) in [6.45, 7) is 4.01. The van der Waals surface area contributed by atoms with Crippen LogP contribution in [0.25, 0.3) is 0 Å². The molecule has 2 N–H and O–H groups in total. The molecule has 6 heteroatoms. The van der Waals surface area contributed by atoms with Crippen molar-refractivity contribution in [3.05, 3.63) is 48.3 Å². The van der Waals surface area contributed by atoms with Crippen LogP contribution in [0.15, 0.2) is 42.6 Å². The molecule has 1 amide bonds. The fourth-order valence-corrected chi connectivity index (χ4v) is 3.16. The van der Waals surface area contributed by atoms with E-state index in [1.165, 1.54) is 24.9 Å². The van der Waals surface area contributed by atoms with Gasteiger partial charge in [-0.15, -0.1) is 0 Å². The molecule has 27 heavy (non-hydrogen) atoms. The fourth-order valence-electron chi connectivity index (χ4n) is 3.16. The molecule has 0 atom stereocenters. The minimum absolute atomic E-state index is 0.194. The molecule has 1 saturated heterocycles. The highest BCUT2D eigenvalue weighted by Crippen LogP contribution is 2.22. The van der Waals surface area contributed by atoms with Crippen molar-refractivity contribution in [1.29, 1.82) is 0 Å². The Bertz CT molecular complexity index is 721. The van der Waals surface area contributed by atoms with Gasteiger partial charge >= 0.3 is 0 Å². The van der Waals surface area contributed by atoms with Gasteiger partial charge in [-0.1, -0.05) is 0 Å². The number of carbonyl (C=O) groups is 1. The predicted molar refractivity (Wildman–Crippen MR) is 112 cm³/mol. The Morgan fingerprint density at radius 2 is 1.74 bits per heavy atom. The maximum absolute atomic E-state index is 12.4. The molecular formula is C21H29N5O. The molecule has 1 aliphatic heterocycles. The van der Waals surface area contributed by atoms with E-state index >= 15 is 0 Å². The Hall–Kier alpha value is -2.60. The zero-order chi connectivity index (χ0) is 19.1.